The van der Waals surface area contributed by atoms with Crippen molar-refractivity contribution < 1.29 is 37.2 Å². The second-order valence-electron chi connectivity index (χ2n) is 15.2. The minimum Gasteiger partial charge on any atom is -0.493 e. The first-order valence-corrected chi connectivity index (χ1v) is 18.1. The summed E-state index contributed by atoms with van der Waals surface area (Å²) in [6, 6.07) is 10.6. The summed E-state index contributed by atoms with van der Waals surface area (Å²) >= 11 is 0. The summed E-state index contributed by atoms with van der Waals surface area (Å²) in [7, 11) is -4.79. The van der Waals surface area contributed by atoms with Gasteiger partial charge >= 0.3 is 7.82 Å². The smallest absolute Gasteiger partial charge is 0.470 e. The van der Waals surface area contributed by atoms with Crippen LogP contribution in [0.25, 0.3) is 10.9 Å². The number of nitrogens with zero attached hydrogens (tertiary/aromatic N) is 3. The molecule has 1 amide bonds. The SMILES string of the molecule is CC(C)(CC(OP(=O)(O)O)(C(C)(C)C)C(C)(C)C)NCCCOc1ccc2c(Nc3cc(CC(=O)Nc4cccc(F)c4F)[nH]n3)ncnc2c1. The standard InChI is InChI=1S/C35H48F2N7O6P/c1-32(2,3)35(33(4,5)6,50-51(46,47)48)20-34(7,8)40-15-10-16-49-23-13-14-24-27(19-23)38-21-39-31(24)42-28-17-22(43-44-28)18-29(45)41-26-12-9-11-25(36)30(26)37/h9,11-14,17,19,21,40H,10,15-16,18,20H2,1-8H3,(H,41,45)(H2,46,47,48)(H2,38,39,42,43,44). The molecule has 4 aromatic rings. The predicted octanol–water partition coefficient (Wildman–Crippen LogP) is 7.02. The number of aromatic nitrogens is 4. The molecule has 0 saturated heterocycles. The number of nitrogens with one attached hydrogen (secondary N) is 4. The number of rotatable bonds is 15. The maximum absolute atomic E-state index is 13.9. The Morgan fingerprint density at radius 3 is 2.35 bits per heavy atom. The van der Waals surface area contributed by atoms with E-state index in [1.54, 1.807) is 18.2 Å². The van der Waals surface area contributed by atoms with Crippen LogP contribution >= 0.6 is 7.82 Å². The van der Waals surface area contributed by atoms with Crippen LogP contribution in [0.5, 0.6) is 5.75 Å². The van der Waals surface area contributed by atoms with Gasteiger partial charge < -0.3 is 30.5 Å². The van der Waals surface area contributed by atoms with Crippen LogP contribution in [0.1, 0.15) is 73.9 Å². The number of hydrogen-bond donors (Lipinski definition) is 6. The van der Waals surface area contributed by atoms with E-state index in [0.717, 1.165) is 6.07 Å². The van der Waals surface area contributed by atoms with E-state index in [0.29, 0.717) is 60.0 Å². The van der Waals surface area contributed by atoms with Crippen molar-refractivity contribution in [1.29, 1.82) is 0 Å². The molecule has 0 aliphatic heterocycles. The number of H-pyrrole nitrogens is 1. The van der Waals surface area contributed by atoms with Crippen LogP contribution in [0.3, 0.4) is 0 Å². The van der Waals surface area contributed by atoms with Crippen molar-refractivity contribution in [1.82, 2.24) is 25.5 Å². The Kier molecular flexibility index (Phi) is 11.9. The number of aromatic amines is 1. The minimum atomic E-state index is -4.79. The Morgan fingerprint density at radius 2 is 1.69 bits per heavy atom. The topological polar surface area (TPSA) is 184 Å². The molecule has 0 fully saturated rings. The first-order chi connectivity index (χ1) is 23.6. The fourth-order valence-corrected chi connectivity index (χ4v) is 7.39. The van der Waals surface area contributed by atoms with Crippen molar-refractivity contribution in [2.75, 3.05) is 23.8 Å². The van der Waals surface area contributed by atoms with Crippen molar-refractivity contribution in [3.8, 4) is 5.75 Å². The summed E-state index contributed by atoms with van der Waals surface area (Å²) in [6.45, 7) is 16.6. The van der Waals surface area contributed by atoms with Gasteiger partial charge in [-0.05, 0) is 68.3 Å². The minimum absolute atomic E-state index is 0.150. The number of phosphoric ester groups is 1. The van der Waals surface area contributed by atoms with Gasteiger partial charge in [0.25, 0.3) is 0 Å². The van der Waals surface area contributed by atoms with Crippen molar-refractivity contribution in [3.63, 3.8) is 0 Å². The molecule has 2 aromatic carbocycles. The summed E-state index contributed by atoms with van der Waals surface area (Å²) < 4.78 is 51.2. The number of halogens is 2. The number of carbonyl (C=O) groups excluding carboxylic acids is 1. The zero-order valence-electron chi connectivity index (χ0n) is 30.2. The van der Waals surface area contributed by atoms with E-state index in [1.807, 2.05) is 61.5 Å². The highest BCUT2D eigenvalue weighted by molar-refractivity contribution is 7.46. The molecule has 0 aliphatic carbocycles. The van der Waals surface area contributed by atoms with Gasteiger partial charge in [-0.25, -0.2) is 23.3 Å². The van der Waals surface area contributed by atoms with Gasteiger partial charge in [-0.3, -0.25) is 14.4 Å². The quantitative estimate of drug-likeness (QED) is 0.0546. The molecule has 2 aromatic heterocycles. The molecule has 278 valence electrons. The number of amides is 1. The van der Waals surface area contributed by atoms with Gasteiger partial charge in [0.1, 0.15) is 17.9 Å². The lowest BCUT2D eigenvalue weighted by Gasteiger charge is -2.55. The lowest BCUT2D eigenvalue weighted by molar-refractivity contribution is -0.144. The number of anilines is 3. The van der Waals surface area contributed by atoms with Crippen molar-refractivity contribution in [2.45, 2.75) is 85.8 Å². The molecule has 0 saturated carbocycles. The van der Waals surface area contributed by atoms with E-state index in [4.69, 9.17) is 9.26 Å². The van der Waals surface area contributed by atoms with Crippen LogP contribution < -0.4 is 20.7 Å². The third-order valence-electron chi connectivity index (χ3n) is 8.64. The van der Waals surface area contributed by atoms with E-state index >= 15 is 0 Å². The summed E-state index contributed by atoms with van der Waals surface area (Å²) in [5.74, 6) is -1.25. The van der Waals surface area contributed by atoms with Gasteiger partial charge in [0.15, 0.2) is 17.5 Å². The van der Waals surface area contributed by atoms with Crippen LogP contribution in [-0.2, 0) is 20.3 Å². The molecule has 0 spiro atoms. The van der Waals surface area contributed by atoms with Gasteiger partial charge in [-0.2, -0.15) is 5.10 Å². The normalized spacial score (nSPS) is 13.0. The van der Waals surface area contributed by atoms with Crippen molar-refractivity contribution in [3.05, 3.63) is 66.1 Å². The summed E-state index contributed by atoms with van der Waals surface area (Å²) in [4.78, 5) is 40.8. The van der Waals surface area contributed by atoms with Crippen LogP contribution in [0.2, 0.25) is 0 Å². The lowest BCUT2D eigenvalue weighted by Crippen LogP contribution is -2.60. The molecule has 16 heteroatoms. The van der Waals surface area contributed by atoms with Crippen LogP contribution in [0, 0.1) is 22.5 Å². The molecular weight excluding hydrogens is 683 g/mol. The van der Waals surface area contributed by atoms with Gasteiger partial charge in [0, 0.05) is 28.8 Å². The molecule has 0 atom stereocenters. The van der Waals surface area contributed by atoms with Crippen molar-refractivity contribution >= 4 is 42.0 Å². The molecule has 0 radical (unpaired) electrons. The van der Waals surface area contributed by atoms with E-state index in [1.165, 1.54) is 18.5 Å². The third kappa shape index (κ3) is 10.3. The Bertz CT molecular complexity index is 1870. The van der Waals surface area contributed by atoms with Gasteiger partial charge in [0.05, 0.1) is 29.8 Å². The zero-order valence-corrected chi connectivity index (χ0v) is 31.1. The number of fused-ring (bicyclic) bond motifs is 1. The summed E-state index contributed by atoms with van der Waals surface area (Å²) in [5.41, 5.74) is -2.02. The predicted molar refractivity (Wildman–Crippen MR) is 192 cm³/mol. The zero-order chi connectivity index (χ0) is 37.8. The third-order valence-corrected chi connectivity index (χ3v) is 9.19. The van der Waals surface area contributed by atoms with Crippen molar-refractivity contribution in [2.24, 2.45) is 10.8 Å². The van der Waals surface area contributed by atoms with Crippen LogP contribution in [-0.4, -0.2) is 60.2 Å². The monoisotopic (exact) mass is 731 g/mol. The molecule has 13 nitrogen and oxygen atoms in total. The Morgan fingerprint density at radius 1 is 0.980 bits per heavy atom. The number of benzene rings is 2. The van der Waals surface area contributed by atoms with E-state index in [2.05, 4.69) is 36.1 Å². The molecule has 6 N–H and O–H groups in total. The van der Waals surface area contributed by atoms with Gasteiger partial charge in [0.2, 0.25) is 5.91 Å². The Hall–Kier alpha value is -4.01. The molecule has 51 heavy (non-hydrogen) atoms. The lowest BCUT2D eigenvalue weighted by atomic mass is 9.58. The second kappa shape index (κ2) is 15.3. The molecule has 4 rings (SSSR count). The fraction of sp³-hybridized carbons (Fsp3) is 0.486. The molecule has 0 aliphatic rings. The summed E-state index contributed by atoms with van der Waals surface area (Å²) in [5, 5.41) is 16.6. The van der Waals surface area contributed by atoms with E-state index in [9.17, 15) is 27.9 Å². The molecule has 0 unspecified atom stereocenters. The maximum Gasteiger partial charge on any atom is 0.470 e. The highest BCUT2D eigenvalue weighted by atomic mass is 31.2. The maximum atomic E-state index is 13.9. The number of hydrogen-bond acceptors (Lipinski definition) is 9. The van der Waals surface area contributed by atoms with Crippen LogP contribution in [0.4, 0.5) is 26.1 Å². The van der Waals surface area contributed by atoms with Gasteiger partial charge in [-0.15, -0.1) is 0 Å². The highest BCUT2D eigenvalue weighted by Gasteiger charge is 2.57. The first-order valence-electron chi connectivity index (χ1n) is 16.5. The Balaban J connectivity index is 1.32. The Labute approximate surface area is 296 Å². The van der Waals surface area contributed by atoms with Gasteiger partial charge in [-0.1, -0.05) is 47.6 Å². The van der Waals surface area contributed by atoms with E-state index < -0.39 is 47.3 Å². The average Bonchev–Trinajstić information content (AvgIpc) is 3.43. The summed E-state index contributed by atoms with van der Waals surface area (Å²) in [6.07, 6.45) is 2.27. The van der Waals surface area contributed by atoms with Crippen LogP contribution in [0.15, 0.2) is 48.8 Å². The molecule has 2 heterocycles. The fourth-order valence-electron chi connectivity index (χ4n) is 6.37. The molecule has 0 bridgehead atoms. The number of carbonyl (C=O) groups is 1. The largest absolute Gasteiger partial charge is 0.493 e. The first kappa shape index (κ1) is 39.8. The molecular formula is C35H48F2N7O6P. The average molecular weight is 732 g/mol. The second-order valence-corrected chi connectivity index (χ2v) is 16.4. The highest BCUT2D eigenvalue weighted by Crippen LogP contribution is 2.58. The number of ether oxygens (including phenoxy) is 1. The number of phosphoric acid groups is 1. The van der Waals surface area contributed by atoms with E-state index in [-0.39, 0.29) is 12.1 Å².